The molecule has 144 valence electrons. The number of carbonyl (C=O) groups is 2. The van der Waals surface area contributed by atoms with Crippen molar-refractivity contribution >= 4 is 23.2 Å². The molecule has 0 radical (unpaired) electrons. The Bertz CT molecular complexity index is 832. The van der Waals surface area contributed by atoms with Gasteiger partial charge in [-0.15, -0.1) is 0 Å². The second-order valence-electron chi connectivity index (χ2n) is 6.25. The Hall–Kier alpha value is -3.09. The number of ether oxygens (including phenoxy) is 1. The lowest BCUT2D eigenvalue weighted by Crippen LogP contribution is -2.36. The van der Waals surface area contributed by atoms with Crippen LogP contribution in [0.2, 0.25) is 0 Å². The average Bonchev–Trinajstić information content (AvgIpc) is 2.63. The smallest absolute Gasteiger partial charge is 0.243 e. The molecule has 0 aliphatic rings. The lowest BCUT2D eigenvalue weighted by atomic mass is 10.1. The zero-order valence-corrected chi connectivity index (χ0v) is 15.9. The van der Waals surface area contributed by atoms with Gasteiger partial charge < -0.3 is 20.7 Å². The maximum absolute atomic E-state index is 13.8. The van der Waals surface area contributed by atoms with E-state index < -0.39 is 5.82 Å². The molecular weight excluding hydrogens is 349 g/mol. The minimum absolute atomic E-state index is 0.0801. The minimum atomic E-state index is -0.515. The van der Waals surface area contributed by atoms with Crippen molar-refractivity contribution in [1.82, 2.24) is 5.32 Å². The highest BCUT2D eigenvalue weighted by atomic mass is 19.1. The molecule has 0 aromatic heterocycles. The number of hydrogen-bond acceptors (Lipinski definition) is 4. The first-order valence-corrected chi connectivity index (χ1v) is 8.52. The van der Waals surface area contributed by atoms with E-state index in [9.17, 15) is 14.0 Å². The largest absolute Gasteiger partial charge is 0.494 e. The lowest BCUT2D eigenvalue weighted by Gasteiger charge is -2.13. The molecule has 2 aromatic carbocycles. The number of aryl methyl sites for hydroxylation is 3. The summed E-state index contributed by atoms with van der Waals surface area (Å²) >= 11 is 0. The monoisotopic (exact) mass is 373 g/mol. The maximum atomic E-state index is 13.8. The van der Waals surface area contributed by atoms with Crippen molar-refractivity contribution in [2.45, 2.75) is 20.8 Å². The van der Waals surface area contributed by atoms with Gasteiger partial charge in [0, 0.05) is 17.4 Å². The van der Waals surface area contributed by atoms with E-state index in [-0.39, 0.29) is 30.7 Å². The highest BCUT2D eigenvalue weighted by Gasteiger charge is 2.11. The van der Waals surface area contributed by atoms with E-state index in [2.05, 4.69) is 16.0 Å². The van der Waals surface area contributed by atoms with E-state index in [1.807, 2.05) is 32.0 Å². The van der Waals surface area contributed by atoms with Gasteiger partial charge in [-0.2, -0.15) is 0 Å². The lowest BCUT2D eigenvalue weighted by molar-refractivity contribution is -0.122. The molecule has 0 heterocycles. The predicted octanol–water partition coefficient (Wildman–Crippen LogP) is 2.93. The normalized spacial score (nSPS) is 10.3. The Morgan fingerprint density at radius 2 is 1.67 bits per heavy atom. The molecule has 0 saturated heterocycles. The summed E-state index contributed by atoms with van der Waals surface area (Å²) in [5.74, 6) is -1.06. The molecule has 2 rings (SSSR count). The van der Waals surface area contributed by atoms with Crippen molar-refractivity contribution in [2.75, 3.05) is 30.8 Å². The number of halogens is 1. The van der Waals surface area contributed by atoms with Crippen molar-refractivity contribution in [3.63, 3.8) is 0 Å². The number of para-hydroxylation sites is 1. The Labute approximate surface area is 158 Å². The Balaban J connectivity index is 1.84. The highest BCUT2D eigenvalue weighted by Crippen LogP contribution is 2.25. The van der Waals surface area contributed by atoms with E-state index in [1.54, 1.807) is 13.0 Å². The molecule has 2 aromatic rings. The van der Waals surface area contributed by atoms with Crippen LogP contribution in [0.1, 0.15) is 16.7 Å². The summed E-state index contributed by atoms with van der Waals surface area (Å²) in [6.07, 6.45) is 0. The number of methoxy groups -OCH3 is 1. The third-order valence-electron chi connectivity index (χ3n) is 4.13. The van der Waals surface area contributed by atoms with Gasteiger partial charge in [-0.05, 0) is 43.5 Å². The molecule has 0 spiro atoms. The molecule has 0 aliphatic carbocycles. The third kappa shape index (κ3) is 5.44. The first-order valence-electron chi connectivity index (χ1n) is 8.52. The van der Waals surface area contributed by atoms with E-state index in [1.165, 1.54) is 13.2 Å². The first-order chi connectivity index (χ1) is 12.8. The molecular formula is C20H24FN3O3. The third-order valence-corrected chi connectivity index (χ3v) is 4.13. The van der Waals surface area contributed by atoms with Gasteiger partial charge in [0.15, 0.2) is 11.6 Å². The highest BCUT2D eigenvalue weighted by molar-refractivity contribution is 5.96. The summed E-state index contributed by atoms with van der Waals surface area (Å²) in [5.41, 5.74) is 3.89. The molecule has 0 saturated carbocycles. The molecule has 0 aliphatic heterocycles. The van der Waals surface area contributed by atoms with E-state index in [0.717, 1.165) is 22.4 Å². The first kappa shape index (κ1) is 20.2. The number of benzene rings is 2. The molecule has 27 heavy (non-hydrogen) atoms. The summed E-state index contributed by atoms with van der Waals surface area (Å²) in [6.45, 7) is 5.36. The molecule has 0 atom stereocenters. The quantitative estimate of drug-likeness (QED) is 0.697. The molecule has 3 N–H and O–H groups in total. The zero-order valence-electron chi connectivity index (χ0n) is 15.9. The van der Waals surface area contributed by atoms with Crippen LogP contribution in [0, 0.1) is 26.6 Å². The predicted molar refractivity (Wildman–Crippen MR) is 104 cm³/mol. The van der Waals surface area contributed by atoms with Gasteiger partial charge in [0.25, 0.3) is 0 Å². The van der Waals surface area contributed by atoms with Gasteiger partial charge in [0.2, 0.25) is 11.8 Å². The minimum Gasteiger partial charge on any atom is -0.494 e. The van der Waals surface area contributed by atoms with Gasteiger partial charge in [-0.1, -0.05) is 18.2 Å². The number of nitrogens with one attached hydrogen (secondary N) is 3. The second-order valence-corrected chi connectivity index (χ2v) is 6.25. The van der Waals surface area contributed by atoms with Crippen LogP contribution in [-0.4, -0.2) is 32.0 Å². The Morgan fingerprint density at radius 3 is 2.30 bits per heavy atom. The summed E-state index contributed by atoms with van der Waals surface area (Å²) in [5, 5.41) is 8.19. The van der Waals surface area contributed by atoms with Crippen LogP contribution in [-0.2, 0) is 9.59 Å². The summed E-state index contributed by atoms with van der Waals surface area (Å²) in [4.78, 5) is 24.0. The van der Waals surface area contributed by atoms with Gasteiger partial charge in [-0.25, -0.2) is 4.39 Å². The number of rotatable bonds is 7. The summed E-state index contributed by atoms with van der Waals surface area (Å²) in [7, 11) is 1.39. The van der Waals surface area contributed by atoms with Gasteiger partial charge >= 0.3 is 0 Å². The maximum Gasteiger partial charge on any atom is 0.243 e. The fourth-order valence-corrected chi connectivity index (χ4v) is 2.61. The number of carbonyl (C=O) groups excluding carboxylic acids is 2. The van der Waals surface area contributed by atoms with Gasteiger partial charge in [-0.3, -0.25) is 9.59 Å². The Morgan fingerprint density at radius 1 is 1.00 bits per heavy atom. The van der Waals surface area contributed by atoms with E-state index in [4.69, 9.17) is 4.74 Å². The summed E-state index contributed by atoms with van der Waals surface area (Å²) < 4.78 is 18.7. The SMILES string of the molecule is COc1cc(C)c(NCC(=O)NCC(=O)Nc2c(C)cccc2C)cc1F. The Kier molecular flexibility index (Phi) is 6.76. The summed E-state index contributed by atoms with van der Waals surface area (Å²) in [6, 6.07) is 8.54. The van der Waals surface area contributed by atoms with Crippen LogP contribution in [0.4, 0.5) is 15.8 Å². The molecule has 0 bridgehead atoms. The van der Waals surface area contributed by atoms with Crippen LogP contribution in [0.5, 0.6) is 5.75 Å². The van der Waals surface area contributed by atoms with Crippen molar-refractivity contribution in [3.05, 3.63) is 52.8 Å². The number of hydrogen-bond donors (Lipinski definition) is 3. The molecule has 2 amide bonds. The second kappa shape index (κ2) is 9.02. The fourth-order valence-electron chi connectivity index (χ4n) is 2.61. The standard InChI is InChI=1S/C20H24FN3O3/c1-12-6-5-7-13(2)20(12)24-19(26)11-23-18(25)10-22-16-9-15(21)17(27-4)8-14(16)3/h5-9,22H,10-11H2,1-4H3,(H,23,25)(H,24,26). The van der Waals surface area contributed by atoms with E-state index in [0.29, 0.717) is 5.69 Å². The van der Waals surface area contributed by atoms with Gasteiger partial charge in [0.1, 0.15) is 0 Å². The van der Waals surface area contributed by atoms with Crippen molar-refractivity contribution < 1.29 is 18.7 Å². The van der Waals surface area contributed by atoms with Crippen molar-refractivity contribution in [3.8, 4) is 5.75 Å². The number of amides is 2. The van der Waals surface area contributed by atoms with Crippen LogP contribution >= 0.6 is 0 Å². The van der Waals surface area contributed by atoms with Crippen LogP contribution in [0.25, 0.3) is 0 Å². The van der Waals surface area contributed by atoms with Crippen LogP contribution in [0.15, 0.2) is 30.3 Å². The zero-order chi connectivity index (χ0) is 20.0. The van der Waals surface area contributed by atoms with Gasteiger partial charge in [0.05, 0.1) is 20.2 Å². The van der Waals surface area contributed by atoms with Crippen LogP contribution in [0.3, 0.4) is 0 Å². The van der Waals surface area contributed by atoms with E-state index >= 15 is 0 Å². The van der Waals surface area contributed by atoms with Crippen LogP contribution < -0.4 is 20.7 Å². The molecule has 0 unspecified atom stereocenters. The fraction of sp³-hybridized carbons (Fsp3) is 0.300. The number of anilines is 2. The van der Waals surface area contributed by atoms with Crippen molar-refractivity contribution in [1.29, 1.82) is 0 Å². The van der Waals surface area contributed by atoms with Crippen molar-refractivity contribution in [2.24, 2.45) is 0 Å². The average molecular weight is 373 g/mol. The molecule has 0 fully saturated rings. The topological polar surface area (TPSA) is 79.5 Å². The molecule has 7 heteroatoms. The molecule has 6 nitrogen and oxygen atoms in total.